The highest BCUT2D eigenvalue weighted by Crippen LogP contribution is 2.41. The number of likely N-dealkylation sites (tertiary alicyclic amines) is 1. The SMILES string of the molecule is COc1cc(C(=O)N2CCC(N3CCN(C)CC3)CC2)ccc1Nc1ncc2c(n1)N(C)c1ccccc1C(=O)N2C.COc1cc(N2CCC(N3CCN(C)CC3)CC2)ccc1Nc1ncc(Cl)c(Nc2ccccc2S(=O)(=O)C(C)C)n1.COc1cc(N2CCOCC2)ccc1Nc1ncc(F)c(Nc2ccccc2NS(C)(=O)=O)n1. The van der Waals surface area contributed by atoms with Crippen LogP contribution in [0.1, 0.15) is 60.2 Å². The quantitative estimate of drug-likeness (QED) is 0.0367. The molecule has 5 saturated heterocycles. The van der Waals surface area contributed by atoms with Gasteiger partial charge in [-0.15, -0.1) is 0 Å². The molecule has 35 heteroatoms. The lowest BCUT2D eigenvalue weighted by atomic mass is 10.0. The molecular formula is C83H103ClFN21O10S2. The van der Waals surface area contributed by atoms with Crippen molar-refractivity contribution in [2.75, 3.05) is 212 Å². The van der Waals surface area contributed by atoms with E-state index in [-0.39, 0.29) is 39.2 Å². The van der Waals surface area contributed by atoms with Crippen molar-refractivity contribution < 1.29 is 49.8 Å². The fraction of sp³-hybridized carbons (Fsp3) is 0.398. The lowest BCUT2D eigenvalue weighted by Gasteiger charge is -2.42. The molecule has 0 spiro atoms. The van der Waals surface area contributed by atoms with Crippen LogP contribution in [0, 0.1) is 5.82 Å². The highest BCUT2D eigenvalue weighted by Gasteiger charge is 2.33. The number of sulfonamides is 1. The zero-order chi connectivity index (χ0) is 83.4. The second-order valence-corrected chi connectivity index (χ2v) is 34.6. The summed E-state index contributed by atoms with van der Waals surface area (Å²) in [6.07, 6.45) is 9.49. The Balaban J connectivity index is 0.000000155. The van der Waals surface area contributed by atoms with E-state index < -0.39 is 30.9 Å². The number of aromatic nitrogens is 6. The van der Waals surface area contributed by atoms with Crippen molar-refractivity contribution >= 4 is 135 Å². The van der Waals surface area contributed by atoms with Gasteiger partial charge in [0.1, 0.15) is 28.0 Å². The average molecular weight is 1670 g/mol. The molecule has 626 valence electrons. The van der Waals surface area contributed by atoms with Gasteiger partial charge in [0.2, 0.25) is 27.9 Å². The Morgan fingerprint density at radius 1 is 0.517 bits per heavy atom. The zero-order valence-electron chi connectivity index (χ0n) is 68.1. The molecule has 9 aromatic rings. The van der Waals surface area contributed by atoms with E-state index in [2.05, 4.69) is 106 Å². The molecule has 9 heterocycles. The molecule has 3 aromatic heterocycles. The summed E-state index contributed by atoms with van der Waals surface area (Å²) in [6, 6.07) is 39.1. The molecule has 118 heavy (non-hydrogen) atoms. The van der Waals surface area contributed by atoms with Gasteiger partial charge in [0, 0.05) is 147 Å². The van der Waals surface area contributed by atoms with Crippen LogP contribution in [0.15, 0.2) is 151 Å². The van der Waals surface area contributed by atoms with E-state index in [9.17, 15) is 30.8 Å². The molecule has 0 unspecified atom stereocenters. The number of rotatable bonds is 22. The summed E-state index contributed by atoms with van der Waals surface area (Å²) >= 11 is 6.41. The smallest absolute Gasteiger partial charge is 0.260 e. The number of anilines is 16. The molecule has 31 nitrogen and oxygen atoms in total. The number of nitrogens with one attached hydrogen (secondary N) is 6. The molecule has 6 aliphatic rings. The van der Waals surface area contributed by atoms with E-state index in [1.165, 1.54) is 6.20 Å². The minimum Gasteiger partial charge on any atom is -0.495 e. The van der Waals surface area contributed by atoms with E-state index in [1.807, 2.05) is 83.6 Å². The van der Waals surface area contributed by atoms with Crippen LogP contribution >= 0.6 is 11.6 Å². The number of benzene rings is 6. The number of para-hydroxylation sites is 4. The van der Waals surface area contributed by atoms with Gasteiger partial charge in [-0.1, -0.05) is 48.0 Å². The monoisotopic (exact) mass is 1670 g/mol. The largest absolute Gasteiger partial charge is 0.495 e. The second kappa shape index (κ2) is 38.2. The number of ether oxygens (including phenoxy) is 4. The summed E-state index contributed by atoms with van der Waals surface area (Å²) in [4.78, 5) is 73.1. The van der Waals surface area contributed by atoms with Crippen LogP contribution in [0.2, 0.25) is 5.02 Å². The van der Waals surface area contributed by atoms with Crippen molar-refractivity contribution in [1.82, 2.24) is 54.4 Å². The Bertz CT molecular complexity index is 5260. The molecule has 15 rings (SSSR count). The number of piperidine rings is 2. The van der Waals surface area contributed by atoms with E-state index in [0.29, 0.717) is 111 Å². The van der Waals surface area contributed by atoms with Crippen molar-refractivity contribution in [3.8, 4) is 17.2 Å². The molecular weight excluding hydrogens is 1570 g/mol. The number of carbonyl (C=O) groups excluding carboxylic acids is 2. The Morgan fingerprint density at radius 3 is 1.58 bits per heavy atom. The molecule has 5 fully saturated rings. The predicted octanol–water partition coefficient (Wildman–Crippen LogP) is 11.8. The van der Waals surface area contributed by atoms with Gasteiger partial charge in [0.25, 0.3) is 11.8 Å². The van der Waals surface area contributed by atoms with Crippen molar-refractivity contribution in [2.24, 2.45) is 0 Å². The number of likely N-dealkylation sites (N-methyl/N-ethyl adjacent to an activating group) is 2. The van der Waals surface area contributed by atoms with E-state index in [4.69, 9.17) is 35.5 Å². The van der Waals surface area contributed by atoms with Gasteiger partial charge in [-0.25, -0.2) is 36.2 Å². The van der Waals surface area contributed by atoms with Crippen LogP contribution in [0.25, 0.3) is 0 Å². The molecule has 0 aliphatic carbocycles. The van der Waals surface area contributed by atoms with Gasteiger partial charge in [-0.3, -0.25) is 24.1 Å². The molecule has 6 aliphatic heterocycles. The minimum atomic E-state index is -3.52. The third-order valence-electron chi connectivity index (χ3n) is 21.9. The van der Waals surface area contributed by atoms with Gasteiger partial charge in [0.05, 0.1) is 115 Å². The van der Waals surface area contributed by atoms with Crippen molar-refractivity contribution in [3.05, 3.63) is 168 Å². The molecule has 6 aromatic carbocycles. The molecule has 2 amide bonds. The second-order valence-electron chi connectivity index (χ2n) is 30.0. The van der Waals surface area contributed by atoms with Crippen LogP contribution in [0.4, 0.5) is 96.6 Å². The molecule has 0 saturated carbocycles. The Kier molecular flexibility index (Phi) is 27.5. The average Bonchev–Trinajstić information content (AvgIpc) is 1.60. The standard InChI is InChI=1S/C31H38N8O3.C30H40ClN7O3S.C22H25FN6O4S/c1-35-15-17-38(18-16-35)22-11-13-39(14-12-22)29(40)21-9-10-24(27(19-21)42-4)33-31-32-20-26-28(34-31)36(2)25-8-6-5-7-23(25)30(41)37(26)3;1-21(2)42(39,40)28-8-6-5-7-26(28)33-29-24(31)20-32-30(35-29)34-25-10-9-23(19-27(25)41-4)37-13-11-22(12-14-37)38-17-15-36(3)16-18-38;1-32-20-13-15(29-9-11-33-12-10-29)7-8-19(20)26-22-24-14-16(23)21(27-22)25-17-5-3-4-6-18(17)28-34(2,30)31/h5-10,19-20,22H,11-18H2,1-4H3,(H,32,33,34);5-10,19-22H,11-18H2,1-4H3,(H2,32,33,34,35);3-8,13-14,28H,9-12H2,1-2H3,(H2,24,25,26,27). The number of sulfone groups is 1. The Labute approximate surface area is 694 Å². The van der Waals surface area contributed by atoms with Gasteiger partial charge < -0.3 is 79.8 Å². The van der Waals surface area contributed by atoms with E-state index in [1.54, 1.807) is 108 Å². The highest BCUT2D eigenvalue weighted by molar-refractivity contribution is 7.92. The van der Waals surface area contributed by atoms with E-state index in [0.717, 1.165) is 147 Å². The van der Waals surface area contributed by atoms with Crippen LogP contribution in [-0.4, -0.2) is 261 Å². The third-order valence-corrected chi connectivity index (χ3v) is 25.0. The van der Waals surface area contributed by atoms with Gasteiger partial charge in [-0.2, -0.15) is 15.0 Å². The van der Waals surface area contributed by atoms with Gasteiger partial charge >= 0.3 is 0 Å². The van der Waals surface area contributed by atoms with E-state index >= 15 is 0 Å². The maximum atomic E-state index is 14.5. The molecule has 6 N–H and O–H groups in total. The number of hydrogen-bond donors (Lipinski definition) is 6. The van der Waals surface area contributed by atoms with Crippen LogP contribution in [0.3, 0.4) is 0 Å². The highest BCUT2D eigenvalue weighted by atomic mass is 35.5. The number of morpholine rings is 1. The topological polar surface area (TPSA) is 318 Å². The van der Waals surface area contributed by atoms with Crippen molar-refractivity contribution in [2.45, 2.75) is 61.8 Å². The number of amides is 2. The fourth-order valence-corrected chi connectivity index (χ4v) is 17.0. The van der Waals surface area contributed by atoms with Crippen LogP contribution in [-0.2, 0) is 24.6 Å². The normalized spacial score (nSPS) is 16.8. The first-order chi connectivity index (χ1) is 56.8. The van der Waals surface area contributed by atoms with Gasteiger partial charge in [-0.05, 0) is 132 Å². The number of methoxy groups -OCH3 is 3. The number of carbonyl (C=O) groups is 2. The predicted molar refractivity (Wildman–Crippen MR) is 463 cm³/mol. The first kappa shape index (κ1) is 84.9. The lowest BCUT2D eigenvalue weighted by Crippen LogP contribution is -2.52. The Hall–Kier alpha value is -11.0. The van der Waals surface area contributed by atoms with Crippen LogP contribution < -0.4 is 65.1 Å². The summed E-state index contributed by atoms with van der Waals surface area (Å²) in [5.74, 6) is 2.53. The Morgan fingerprint density at radius 2 is 1.00 bits per heavy atom. The third kappa shape index (κ3) is 20.6. The maximum Gasteiger partial charge on any atom is 0.260 e. The summed E-state index contributed by atoms with van der Waals surface area (Å²) in [5, 5.41) is 15.1. The zero-order valence-corrected chi connectivity index (χ0v) is 70.5. The number of nitrogens with zero attached hydrogens (tertiary/aromatic N) is 15. The first-order valence-corrected chi connectivity index (χ1v) is 43.2. The minimum absolute atomic E-state index is 0.0194. The summed E-state index contributed by atoms with van der Waals surface area (Å²) in [6.45, 7) is 18.8. The number of halogens is 2. The summed E-state index contributed by atoms with van der Waals surface area (Å²) < 4.78 is 88.3. The molecule has 0 atom stereocenters. The number of hydrogen-bond acceptors (Lipinski definition) is 28. The van der Waals surface area contributed by atoms with Gasteiger partial charge in [0.15, 0.2) is 33.1 Å². The number of fused-ring (bicyclic) bond motifs is 2. The van der Waals surface area contributed by atoms with Crippen LogP contribution in [0.5, 0.6) is 17.2 Å². The lowest BCUT2D eigenvalue weighted by molar-refractivity contribution is 0.0518. The first-order valence-electron chi connectivity index (χ1n) is 39.4. The number of piperazine rings is 2. The summed E-state index contributed by atoms with van der Waals surface area (Å²) in [5.41, 5.74) is 7.65. The summed E-state index contributed by atoms with van der Waals surface area (Å²) in [7, 11) is 5.73. The molecule has 0 radical (unpaired) electrons. The maximum absolute atomic E-state index is 14.5. The van der Waals surface area contributed by atoms with Crippen molar-refractivity contribution in [1.29, 1.82) is 0 Å². The molecule has 0 bridgehead atoms. The van der Waals surface area contributed by atoms with Crippen molar-refractivity contribution in [3.63, 3.8) is 0 Å². The fourth-order valence-electron chi connectivity index (χ4n) is 15.0.